The van der Waals surface area contributed by atoms with E-state index < -0.39 is 0 Å². The highest BCUT2D eigenvalue weighted by atomic mass is 16.5. The predicted molar refractivity (Wildman–Crippen MR) is 82.0 cm³/mol. The Kier molecular flexibility index (Phi) is 11.8. The third-order valence-electron chi connectivity index (χ3n) is 2.41. The van der Waals surface area contributed by atoms with Gasteiger partial charge in [-0.1, -0.05) is 50.5 Å². The fourth-order valence-electron chi connectivity index (χ4n) is 1.44. The van der Waals surface area contributed by atoms with Crippen LogP contribution in [-0.2, 0) is 9.53 Å². The fraction of sp³-hybridized carbons (Fsp3) is 0.471. The first kappa shape index (κ1) is 17.4. The molecule has 0 spiro atoms. The molecule has 0 aromatic carbocycles. The Bertz CT molecular complexity index is 346. The highest BCUT2D eigenvalue weighted by molar-refractivity contribution is 5.87. The second-order valence-corrected chi connectivity index (χ2v) is 4.33. The summed E-state index contributed by atoms with van der Waals surface area (Å²) in [6.45, 7) is 6.46. The molecule has 0 aliphatic carbocycles. The minimum Gasteiger partial charge on any atom is -0.494 e. The SMILES string of the molecule is C\C=C/C(=C\C=C\C=C\C(C)=O)OCCCCCC. The Morgan fingerprint density at radius 1 is 1.05 bits per heavy atom. The Balaban J connectivity index is 4.12. The normalized spacial score (nSPS) is 12.9. The molecule has 0 N–H and O–H groups in total. The molecule has 0 atom stereocenters. The number of carbonyl (C=O) groups is 1. The molecule has 2 nitrogen and oxygen atoms in total. The molecule has 0 amide bonds. The molecule has 0 aromatic rings. The van der Waals surface area contributed by atoms with Crippen molar-refractivity contribution in [3.8, 4) is 0 Å². The van der Waals surface area contributed by atoms with Crippen LogP contribution in [0.1, 0.15) is 46.5 Å². The van der Waals surface area contributed by atoms with Gasteiger partial charge in [-0.15, -0.1) is 0 Å². The zero-order chi connectivity index (χ0) is 14.3. The van der Waals surface area contributed by atoms with Gasteiger partial charge in [0.25, 0.3) is 0 Å². The van der Waals surface area contributed by atoms with Gasteiger partial charge in [-0.05, 0) is 38.5 Å². The third kappa shape index (κ3) is 12.7. The van der Waals surface area contributed by atoms with Crippen molar-refractivity contribution in [1.29, 1.82) is 0 Å². The summed E-state index contributed by atoms with van der Waals surface area (Å²) in [5.41, 5.74) is 0. The first-order valence-electron chi connectivity index (χ1n) is 7.01. The maximum Gasteiger partial charge on any atom is 0.152 e. The van der Waals surface area contributed by atoms with Crippen molar-refractivity contribution >= 4 is 5.78 Å². The van der Waals surface area contributed by atoms with E-state index >= 15 is 0 Å². The molecule has 0 unspecified atom stereocenters. The Morgan fingerprint density at radius 2 is 1.84 bits per heavy atom. The van der Waals surface area contributed by atoms with Crippen LogP contribution in [-0.4, -0.2) is 12.4 Å². The van der Waals surface area contributed by atoms with Crippen molar-refractivity contribution in [3.63, 3.8) is 0 Å². The second kappa shape index (κ2) is 12.9. The standard InChI is InChI=1S/C17H26O2/c1-4-6-7-11-15-19-17(12-5-2)14-10-8-9-13-16(3)18/h5,8-10,12-14H,4,6-7,11,15H2,1-3H3/b10-8+,12-5-,13-9+,17-14+. The third-order valence-corrected chi connectivity index (χ3v) is 2.41. The van der Waals surface area contributed by atoms with Gasteiger partial charge in [-0.25, -0.2) is 0 Å². The van der Waals surface area contributed by atoms with Crippen molar-refractivity contribution in [3.05, 3.63) is 48.3 Å². The summed E-state index contributed by atoms with van der Waals surface area (Å²) in [6.07, 6.45) is 17.6. The van der Waals surface area contributed by atoms with E-state index in [-0.39, 0.29) is 5.78 Å². The quantitative estimate of drug-likeness (QED) is 0.246. The largest absolute Gasteiger partial charge is 0.494 e. The van der Waals surface area contributed by atoms with E-state index in [2.05, 4.69) is 6.92 Å². The molecule has 0 radical (unpaired) electrons. The highest BCUT2D eigenvalue weighted by Crippen LogP contribution is 2.05. The Morgan fingerprint density at radius 3 is 2.47 bits per heavy atom. The average Bonchev–Trinajstić information content (AvgIpc) is 2.37. The minimum atomic E-state index is 0.0504. The zero-order valence-electron chi connectivity index (χ0n) is 12.4. The number of allylic oxidation sites excluding steroid dienone is 7. The van der Waals surface area contributed by atoms with Crippen molar-refractivity contribution in [2.45, 2.75) is 46.5 Å². The summed E-state index contributed by atoms with van der Waals surface area (Å²) in [5.74, 6) is 0.904. The molecule has 106 valence electrons. The van der Waals surface area contributed by atoms with Crippen molar-refractivity contribution in [2.75, 3.05) is 6.61 Å². The van der Waals surface area contributed by atoms with Crippen LogP contribution >= 0.6 is 0 Å². The smallest absolute Gasteiger partial charge is 0.152 e. The second-order valence-electron chi connectivity index (χ2n) is 4.33. The number of ketones is 1. The van der Waals surface area contributed by atoms with Crippen molar-refractivity contribution < 1.29 is 9.53 Å². The van der Waals surface area contributed by atoms with Crippen LogP contribution in [0.3, 0.4) is 0 Å². The minimum absolute atomic E-state index is 0.0504. The number of ether oxygens (including phenoxy) is 1. The molecule has 0 saturated heterocycles. The molecule has 19 heavy (non-hydrogen) atoms. The summed E-state index contributed by atoms with van der Waals surface area (Å²) in [5, 5.41) is 0. The number of rotatable bonds is 10. The van der Waals surface area contributed by atoms with Gasteiger partial charge in [0.1, 0.15) is 5.76 Å². The zero-order valence-corrected chi connectivity index (χ0v) is 12.4. The first-order chi connectivity index (χ1) is 9.20. The number of unbranched alkanes of at least 4 members (excludes halogenated alkanes) is 3. The fourth-order valence-corrected chi connectivity index (χ4v) is 1.44. The van der Waals surface area contributed by atoms with Gasteiger partial charge in [-0.3, -0.25) is 4.79 Å². The monoisotopic (exact) mass is 262 g/mol. The molecule has 0 aliphatic rings. The van der Waals surface area contributed by atoms with Crippen LogP contribution in [0.4, 0.5) is 0 Å². The molecule has 0 rings (SSSR count). The molecule has 2 heteroatoms. The molecular formula is C17H26O2. The van der Waals surface area contributed by atoms with Crippen LogP contribution in [0.15, 0.2) is 48.3 Å². The van der Waals surface area contributed by atoms with Crippen molar-refractivity contribution in [1.82, 2.24) is 0 Å². The van der Waals surface area contributed by atoms with Crippen LogP contribution in [0.25, 0.3) is 0 Å². The average molecular weight is 262 g/mol. The summed E-state index contributed by atoms with van der Waals surface area (Å²) in [6, 6.07) is 0. The van der Waals surface area contributed by atoms with E-state index in [0.29, 0.717) is 0 Å². The van der Waals surface area contributed by atoms with E-state index in [4.69, 9.17) is 4.74 Å². The lowest BCUT2D eigenvalue weighted by Gasteiger charge is -2.05. The van der Waals surface area contributed by atoms with Gasteiger partial charge in [0.2, 0.25) is 0 Å². The molecule has 0 aromatic heterocycles. The predicted octanol–water partition coefficient (Wildman–Crippen LogP) is 4.74. The molecule has 0 bridgehead atoms. The molecule has 0 heterocycles. The van der Waals surface area contributed by atoms with E-state index in [1.54, 1.807) is 6.08 Å². The summed E-state index contributed by atoms with van der Waals surface area (Å²) < 4.78 is 5.69. The van der Waals surface area contributed by atoms with Gasteiger partial charge >= 0.3 is 0 Å². The van der Waals surface area contributed by atoms with Crippen LogP contribution in [0.5, 0.6) is 0 Å². The maximum atomic E-state index is 10.7. The summed E-state index contributed by atoms with van der Waals surface area (Å²) in [7, 11) is 0. The van der Waals surface area contributed by atoms with Crippen LogP contribution < -0.4 is 0 Å². The lowest BCUT2D eigenvalue weighted by atomic mass is 10.2. The lowest BCUT2D eigenvalue weighted by Crippen LogP contribution is -1.93. The molecule has 0 saturated carbocycles. The summed E-state index contributed by atoms with van der Waals surface area (Å²) >= 11 is 0. The number of hydrogen-bond donors (Lipinski definition) is 0. The van der Waals surface area contributed by atoms with E-state index in [1.807, 2.05) is 37.3 Å². The van der Waals surface area contributed by atoms with Gasteiger partial charge in [0.15, 0.2) is 5.78 Å². The van der Waals surface area contributed by atoms with Crippen LogP contribution in [0.2, 0.25) is 0 Å². The highest BCUT2D eigenvalue weighted by Gasteiger charge is 1.92. The Hall–Kier alpha value is -1.57. The number of hydrogen-bond acceptors (Lipinski definition) is 2. The van der Waals surface area contributed by atoms with Gasteiger partial charge in [0, 0.05) is 0 Å². The molecule has 0 aliphatic heterocycles. The van der Waals surface area contributed by atoms with Gasteiger partial charge in [-0.2, -0.15) is 0 Å². The maximum absolute atomic E-state index is 10.7. The van der Waals surface area contributed by atoms with Gasteiger partial charge in [0.05, 0.1) is 6.61 Å². The summed E-state index contributed by atoms with van der Waals surface area (Å²) in [4.78, 5) is 10.7. The topological polar surface area (TPSA) is 26.3 Å². The lowest BCUT2D eigenvalue weighted by molar-refractivity contribution is -0.112. The van der Waals surface area contributed by atoms with E-state index in [0.717, 1.165) is 18.8 Å². The molecular weight excluding hydrogens is 236 g/mol. The Labute approximate surface area is 117 Å². The first-order valence-corrected chi connectivity index (χ1v) is 7.01. The van der Waals surface area contributed by atoms with Crippen molar-refractivity contribution in [2.24, 2.45) is 0 Å². The molecule has 0 fully saturated rings. The van der Waals surface area contributed by atoms with Crippen LogP contribution in [0, 0.1) is 0 Å². The number of carbonyl (C=O) groups excluding carboxylic acids is 1. The van der Waals surface area contributed by atoms with E-state index in [9.17, 15) is 4.79 Å². The van der Waals surface area contributed by atoms with E-state index in [1.165, 1.54) is 32.3 Å². The van der Waals surface area contributed by atoms with Gasteiger partial charge < -0.3 is 4.74 Å².